The molecule has 2 N–H and O–H groups in total. The molecule has 4 rings (SSSR count). The summed E-state index contributed by atoms with van der Waals surface area (Å²) in [5.74, 6) is 1.42. The summed E-state index contributed by atoms with van der Waals surface area (Å²) in [7, 11) is -5.11. The molecule has 1 fully saturated rings. The third-order valence-electron chi connectivity index (χ3n) is 4.05. The summed E-state index contributed by atoms with van der Waals surface area (Å²) in [4.78, 5) is 29.7. The van der Waals surface area contributed by atoms with E-state index in [0.29, 0.717) is 18.2 Å². The number of phosphoric acid groups is 1. The van der Waals surface area contributed by atoms with Gasteiger partial charge in [-0.15, -0.1) is 0 Å². The molecule has 130 valence electrons. The average Bonchev–Trinajstić information content (AvgIpc) is 3.20. The molecule has 0 bridgehead atoms. The number of hydrogen-bond acceptors (Lipinski definition) is 9. The first kappa shape index (κ1) is 22.5. The van der Waals surface area contributed by atoms with Crippen molar-refractivity contribution in [1.29, 1.82) is 0 Å². The molecule has 0 spiro atoms. The number of phosphoric ester groups is 1. The summed E-state index contributed by atoms with van der Waals surface area (Å²) < 4.78 is 24.0. The van der Waals surface area contributed by atoms with Crippen LogP contribution in [0.5, 0.6) is 0 Å². The van der Waals surface area contributed by atoms with Crippen LogP contribution in [-0.4, -0.2) is 43.0 Å². The van der Waals surface area contributed by atoms with Crippen LogP contribution in [0.2, 0.25) is 0 Å². The first-order valence-electron chi connectivity index (χ1n) is 7.25. The van der Waals surface area contributed by atoms with Crippen LogP contribution in [0, 0.1) is 0 Å². The smallest absolute Gasteiger partial charge is 0.790 e. The molecule has 0 radical (unpaired) electrons. The van der Waals surface area contributed by atoms with Crippen LogP contribution in [0.4, 0.5) is 5.82 Å². The van der Waals surface area contributed by atoms with E-state index in [9.17, 15) is 19.5 Å². The van der Waals surface area contributed by atoms with Crippen molar-refractivity contribution in [2.45, 2.75) is 31.5 Å². The van der Waals surface area contributed by atoms with Crippen LogP contribution in [0.1, 0.15) is 12.6 Å². The molecule has 4 heterocycles. The Bertz CT molecular complexity index is 810. The monoisotopic (exact) mass is 401 g/mol. The van der Waals surface area contributed by atoms with Gasteiger partial charge in [-0.05, 0) is 0 Å². The van der Waals surface area contributed by atoms with Crippen molar-refractivity contribution in [3.05, 3.63) is 18.7 Å². The van der Waals surface area contributed by atoms with Crippen LogP contribution in [-0.2, 0) is 20.5 Å². The number of aliphatic hydroxyl groups is 1. The molecular weight excluding hydrogens is 387 g/mol. The van der Waals surface area contributed by atoms with Crippen LogP contribution >= 0.6 is 7.82 Å². The van der Waals surface area contributed by atoms with E-state index >= 15 is 0 Å². The molecule has 0 aliphatic carbocycles. The first-order chi connectivity index (χ1) is 11.4. The fourth-order valence-corrected chi connectivity index (χ4v) is 3.26. The van der Waals surface area contributed by atoms with Crippen molar-refractivity contribution in [2.75, 3.05) is 11.9 Å². The molecule has 2 aliphatic heterocycles. The summed E-state index contributed by atoms with van der Waals surface area (Å²) in [5.41, 5.74) is 0.660. The number of nitrogens with zero attached hydrogens (tertiary/aromatic N) is 4. The molecule has 3 atom stereocenters. The zero-order chi connectivity index (χ0) is 16.9. The Morgan fingerprint density at radius 3 is 2.92 bits per heavy atom. The largest absolute Gasteiger partial charge is 1.00 e. The van der Waals surface area contributed by atoms with Gasteiger partial charge in [0.05, 0.1) is 33.5 Å². The molecule has 0 aromatic carbocycles. The van der Waals surface area contributed by atoms with E-state index in [0.717, 1.165) is 5.82 Å². The van der Waals surface area contributed by atoms with E-state index in [-0.39, 0.29) is 65.5 Å². The molecule has 0 saturated carbocycles. The standard InChI is InChI=1S/C12H16N5O6P.2Na/c18-7-3-9(23-8(7)4-22-24(19,20)21)17-6-14-10-11-13-1-2-16(11)5-15-12(10)17;;/h1-2,6-9,15,18H,3-5H2,(H2,19,20,21);;/q;2*+1/p-2/t7-,8+,9+;;/m0../s1. The summed E-state index contributed by atoms with van der Waals surface area (Å²) in [5, 5.41) is 13.2. The Balaban J connectivity index is 0.00000121. The second-order valence-corrected chi connectivity index (χ2v) is 6.73. The third-order valence-corrected chi connectivity index (χ3v) is 4.51. The number of aromatic nitrogens is 4. The normalized spacial score (nSPS) is 24.0. The quantitative estimate of drug-likeness (QED) is 0.376. The third kappa shape index (κ3) is 4.45. The minimum Gasteiger partial charge on any atom is -0.790 e. The topological polar surface area (TPSA) is 150 Å². The predicted octanol–water partition coefficient (Wildman–Crippen LogP) is -7.37. The maximum atomic E-state index is 10.6. The van der Waals surface area contributed by atoms with Crippen molar-refractivity contribution in [2.24, 2.45) is 0 Å². The van der Waals surface area contributed by atoms with Crippen molar-refractivity contribution in [1.82, 2.24) is 19.1 Å². The number of fused-ring (bicyclic) bond motifs is 3. The first-order valence-corrected chi connectivity index (χ1v) is 8.71. The number of aliphatic hydroxyl groups excluding tert-OH is 1. The van der Waals surface area contributed by atoms with Gasteiger partial charge in [-0.1, -0.05) is 0 Å². The number of rotatable bonds is 4. The van der Waals surface area contributed by atoms with Gasteiger partial charge in [0.2, 0.25) is 0 Å². The van der Waals surface area contributed by atoms with Gasteiger partial charge in [0.15, 0.2) is 5.82 Å². The molecule has 1 saturated heterocycles. The molecule has 2 aromatic rings. The maximum Gasteiger partial charge on any atom is 1.00 e. The minimum atomic E-state index is -5.11. The second-order valence-electron chi connectivity index (χ2n) is 5.58. The Morgan fingerprint density at radius 2 is 2.19 bits per heavy atom. The summed E-state index contributed by atoms with van der Waals surface area (Å²) >= 11 is 0. The minimum absolute atomic E-state index is 0. The molecule has 0 amide bonds. The van der Waals surface area contributed by atoms with Gasteiger partial charge in [-0.3, -0.25) is 4.57 Å². The number of ether oxygens (including phenoxy) is 1. The van der Waals surface area contributed by atoms with Crippen LogP contribution < -0.4 is 74.2 Å². The van der Waals surface area contributed by atoms with Gasteiger partial charge in [0.1, 0.15) is 23.8 Å². The van der Waals surface area contributed by atoms with Crippen LogP contribution in [0.3, 0.4) is 0 Å². The summed E-state index contributed by atoms with van der Waals surface area (Å²) in [6.07, 6.45) is 2.87. The fourth-order valence-electron chi connectivity index (χ4n) is 2.93. The summed E-state index contributed by atoms with van der Waals surface area (Å²) in [6.45, 7) is 0.00204. The summed E-state index contributed by atoms with van der Waals surface area (Å²) in [6, 6.07) is 0. The molecule has 26 heavy (non-hydrogen) atoms. The zero-order valence-corrected chi connectivity index (χ0v) is 19.2. The van der Waals surface area contributed by atoms with E-state index in [1.54, 1.807) is 17.1 Å². The Labute approximate surface area is 192 Å². The van der Waals surface area contributed by atoms with Gasteiger partial charge in [-0.2, -0.15) is 0 Å². The molecular formula is C12H14N5Na2O6P. The van der Waals surface area contributed by atoms with Crippen LogP contribution in [0.15, 0.2) is 18.7 Å². The maximum absolute atomic E-state index is 10.6. The molecule has 14 heteroatoms. The van der Waals surface area contributed by atoms with Gasteiger partial charge in [0.25, 0.3) is 0 Å². The van der Waals surface area contributed by atoms with Gasteiger partial charge in [-0.25, -0.2) is 9.97 Å². The van der Waals surface area contributed by atoms with Gasteiger partial charge < -0.3 is 38.6 Å². The van der Waals surface area contributed by atoms with Crippen molar-refractivity contribution < 1.29 is 87.8 Å². The van der Waals surface area contributed by atoms with E-state index in [1.165, 1.54) is 0 Å². The van der Waals surface area contributed by atoms with E-state index < -0.39 is 32.9 Å². The van der Waals surface area contributed by atoms with Crippen LogP contribution in [0.25, 0.3) is 11.5 Å². The van der Waals surface area contributed by atoms with Crippen molar-refractivity contribution in [3.8, 4) is 11.5 Å². The number of imidazole rings is 2. The Morgan fingerprint density at radius 1 is 1.42 bits per heavy atom. The molecule has 2 aromatic heterocycles. The molecule has 11 nitrogen and oxygen atoms in total. The van der Waals surface area contributed by atoms with E-state index in [2.05, 4.69) is 19.8 Å². The van der Waals surface area contributed by atoms with Gasteiger partial charge in [0, 0.05) is 18.8 Å². The van der Waals surface area contributed by atoms with Crippen molar-refractivity contribution in [3.63, 3.8) is 0 Å². The van der Waals surface area contributed by atoms with Gasteiger partial charge >= 0.3 is 59.1 Å². The van der Waals surface area contributed by atoms with E-state index in [1.807, 2.05) is 10.8 Å². The van der Waals surface area contributed by atoms with E-state index in [4.69, 9.17) is 4.74 Å². The SMILES string of the molecule is O=P([O-])([O-])OC[C@H]1O[C@@H](n2cnc3c2NCn2ccnc2-3)C[C@@H]1O.[Na+].[Na+]. The second kappa shape index (κ2) is 8.73. The number of hydrogen-bond donors (Lipinski definition) is 2. The number of anilines is 1. The number of nitrogens with one attached hydrogen (secondary N) is 1. The van der Waals surface area contributed by atoms with Crippen molar-refractivity contribution >= 4 is 13.6 Å². The zero-order valence-electron chi connectivity index (χ0n) is 14.3. The molecule has 0 unspecified atom stereocenters. The Kier molecular flexibility index (Phi) is 7.56. The fraction of sp³-hybridized carbons (Fsp3) is 0.500. The molecule has 2 aliphatic rings. The predicted molar refractivity (Wildman–Crippen MR) is 75.2 cm³/mol. The average molecular weight is 401 g/mol. The Hall–Kier alpha value is 0.250.